The molecule has 2 aromatic rings. The van der Waals surface area contributed by atoms with Crippen molar-refractivity contribution in [1.82, 2.24) is 19.8 Å². The minimum absolute atomic E-state index is 0.0823. The molecule has 0 aliphatic heterocycles. The Kier molecular flexibility index (Phi) is 6.90. The average molecular weight is 421 g/mol. The third-order valence-electron chi connectivity index (χ3n) is 4.40. The molecule has 1 unspecified atom stereocenters. The number of rotatable bonds is 7. The smallest absolute Gasteiger partial charge is 0.251 e. The molecule has 0 aliphatic rings. The monoisotopic (exact) mass is 420 g/mol. The normalized spacial score (nSPS) is 13.3. The van der Waals surface area contributed by atoms with Gasteiger partial charge in [0, 0.05) is 29.9 Å². The molecule has 1 atom stereocenters. The summed E-state index contributed by atoms with van der Waals surface area (Å²) in [7, 11) is -3.71. The molecule has 29 heavy (non-hydrogen) atoms. The minimum Gasteiger partial charge on any atom is -0.352 e. The summed E-state index contributed by atoms with van der Waals surface area (Å²) in [5, 5.41) is 7.37. The van der Waals surface area contributed by atoms with Crippen LogP contribution in [0.3, 0.4) is 0 Å². The number of amides is 1. The van der Waals surface area contributed by atoms with Crippen LogP contribution < -0.4 is 10.0 Å². The van der Waals surface area contributed by atoms with E-state index in [0.29, 0.717) is 18.7 Å². The van der Waals surface area contributed by atoms with Crippen molar-refractivity contribution in [2.75, 3.05) is 6.54 Å². The summed E-state index contributed by atoms with van der Waals surface area (Å²) in [6.45, 7) is 14.3. The predicted octanol–water partition coefficient (Wildman–Crippen LogP) is 2.95. The largest absolute Gasteiger partial charge is 0.352 e. The summed E-state index contributed by atoms with van der Waals surface area (Å²) in [5.41, 5.74) is 2.53. The van der Waals surface area contributed by atoms with Gasteiger partial charge in [0.25, 0.3) is 5.91 Å². The molecule has 0 aliphatic carbocycles. The molecule has 0 saturated heterocycles. The fraction of sp³-hybridized carbons (Fsp3) is 0.524. The van der Waals surface area contributed by atoms with Crippen molar-refractivity contribution >= 4 is 15.9 Å². The highest BCUT2D eigenvalue weighted by Gasteiger charge is 2.23. The molecule has 0 saturated carbocycles. The first-order chi connectivity index (χ1) is 13.3. The van der Waals surface area contributed by atoms with Gasteiger partial charge in [-0.05, 0) is 71.2 Å². The topological polar surface area (TPSA) is 93.1 Å². The maximum absolute atomic E-state index is 12.7. The number of sulfonamides is 1. The van der Waals surface area contributed by atoms with E-state index in [9.17, 15) is 13.2 Å². The molecule has 1 aromatic heterocycles. The Morgan fingerprint density at radius 3 is 2.38 bits per heavy atom. The summed E-state index contributed by atoms with van der Waals surface area (Å²) in [6.07, 6.45) is 0. The number of nitrogens with one attached hydrogen (secondary N) is 2. The van der Waals surface area contributed by atoms with Crippen LogP contribution in [0.4, 0.5) is 0 Å². The Morgan fingerprint density at radius 2 is 1.83 bits per heavy atom. The number of aryl methyl sites for hydroxylation is 3. The molecule has 0 spiro atoms. The first-order valence-corrected chi connectivity index (χ1v) is 11.2. The molecule has 8 heteroatoms. The lowest BCUT2D eigenvalue weighted by Crippen LogP contribution is -2.40. The zero-order valence-electron chi connectivity index (χ0n) is 18.3. The number of nitrogens with zero attached hydrogens (tertiary/aromatic N) is 2. The molecule has 7 nitrogen and oxygen atoms in total. The number of benzene rings is 1. The van der Waals surface area contributed by atoms with E-state index in [4.69, 9.17) is 0 Å². The second-order valence-corrected chi connectivity index (χ2v) is 10.4. The van der Waals surface area contributed by atoms with E-state index in [-0.39, 0.29) is 16.7 Å². The Morgan fingerprint density at radius 1 is 1.17 bits per heavy atom. The van der Waals surface area contributed by atoms with Gasteiger partial charge in [-0.25, -0.2) is 13.1 Å². The average Bonchev–Trinajstić information content (AvgIpc) is 2.88. The van der Waals surface area contributed by atoms with E-state index in [1.807, 2.05) is 31.5 Å². The van der Waals surface area contributed by atoms with Crippen molar-refractivity contribution < 1.29 is 13.2 Å². The van der Waals surface area contributed by atoms with Crippen LogP contribution in [0.2, 0.25) is 0 Å². The number of hydrogen-bond donors (Lipinski definition) is 2. The summed E-state index contributed by atoms with van der Waals surface area (Å²) < 4.78 is 29.7. The lowest BCUT2D eigenvalue weighted by atomic mass is 10.1. The summed E-state index contributed by atoms with van der Waals surface area (Å²) in [5.74, 6) is -0.109. The maximum Gasteiger partial charge on any atom is 0.251 e. The van der Waals surface area contributed by atoms with Gasteiger partial charge in [-0.1, -0.05) is 13.0 Å². The molecule has 160 valence electrons. The zero-order valence-corrected chi connectivity index (χ0v) is 19.1. The van der Waals surface area contributed by atoms with E-state index in [0.717, 1.165) is 17.0 Å². The van der Waals surface area contributed by atoms with Gasteiger partial charge in [0.15, 0.2) is 0 Å². The predicted molar refractivity (Wildman–Crippen MR) is 114 cm³/mol. The number of aromatic nitrogens is 2. The van der Waals surface area contributed by atoms with Crippen molar-refractivity contribution in [2.45, 2.75) is 65.4 Å². The number of carbonyl (C=O) groups is 1. The van der Waals surface area contributed by atoms with Crippen LogP contribution in [-0.4, -0.2) is 36.2 Å². The molecule has 0 fully saturated rings. The summed E-state index contributed by atoms with van der Waals surface area (Å²) in [4.78, 5) is 12.8. The fourth-order valence-electron chi connectivity index (χ4n) is 3.06. The molecule has 0 bridgehead atoms. The fourth-order valence-corrected chi connectivity index (χ4v) is 4.50. The van der Waals surface area contributed by atoms with Gasteiger partial charge in [-0.3, -0.25) is 9.48 Å². The summed E-state index contributed by atoms with van der Waals surface area (Å²) >= 11 is 0. The van der Waals surface area contributed by atoms with Gasteiger partial charge in [0.05, 0.1) is 10.6 Å². The lowest BCUT2D eigenvalue weighted by molar-refractivity contribution is 0.0945. The van der Waals surface area contributed by atoms with E-state index < -0.39 is 15.6 Å². The number of carbonyl (C=O) groups excluding carboxylic acids is 1. The van der Waals surface area contributed by atoms with Gasteiger partial charge in [0.2, 0.25) is 10.0 Å². The zero-order chi connectivity index (χ0) is 22.0. The molecule has 2 rings (SSSR count). The van der Waals surface area contributed by atoms with Crippen LogP contribution >= 0.6 is 0 Å². The lowest BCUT2D eigenvalue weighted by Gasteiger charge is -2.21. The SMILES string of the molecule is Cc1cc(C)n(CC(C)CNC(=O)c2cc(S(=O)(=O)NC(C)(C)C)ccc2C)n1. The molecular formula is C21H32N4O3S. The van der Waals surface area contributed by atoms with Gasteiger partial charge in [0.1, 0.15) is 0 Å². The maximum atomic E-state index is 12.7. The van der Waals surface area contributed by atoms with Crippen molar-refractivity contribution in [3.8, 4) is 0 Å². The third kappa shape index (κ3) is 6.40. The van der Waals surface area contributed by atoms with Crippen LogP contribution in [0, 0.1) is 26.7 Å². The highest BCUT2D eigenvalue weighted by molar-refractivity contribution is 7.89. The Balaban J connectivity index is 2.09. The van der Waals surface area contributed by atoms with Gasteiger partial charge < -0.3 is 5.32 Å². The highest BCUT2D eigenvalue weighted by atomic mass is 32.2. The first-order valence-electron chi connectivity index (χ1n) is 9.72. The van der Waals surface area contributed by atoms with Crippen LogP contribution in [0.15, 0.2) is 29.2 Å². The quantitative estimate of drug-likeness (QED) is 0.720. The number of hydrogen-bond acceptors (Lipinski definition) is 4. The van der Waals surface area contributed by atoms with E-state index >= 15 is 0 Å². The van der Waals surface area contributed by atoms with E-state index in [1.165, 1.54) is 12.1 Å². The molecule has 1 amide bonds. The molecule has 0 radical (unpaired) electrons. The second-order valence-electron chi connectivity index (χ2n) is 8.76. The molecule has 2 N–H and O–H groups in total. The Bertz CT molecular complexity index is 988. The minimum atomic E-state index is -3.71. The van der Waals surface area contributed by atoms with Crippen LogP contribution in [-0.2, 0) is 16.6 Å². The van der Waals surface area contributed by atoms with Crippen LogP contribution in [0.25, 0.3) is 0 Å². The Labute approximate surface area is 173 Å². The van der Waals surface area contributed by atoms with Crippen LogP contribution in [0.1, 0.15) is 55.0 Å². The van der Waals surface area contributed by atoms with Crippen molar-refractivity contribution in [3.05, 3.63) is 46.8 Å². The van der Waals surface area contributed by atoms with Gasteiger partial charge >= 0.3 is 0 Å². The van der Waals surface area contributed by atoms with E-state index in [2.05, 4.69) is 15.1 Å². The first kappa shape index (κ1) is 23.1. The standard InChI is InChI=1S/C21H32N4O3S/c1-14(13-25-17(4)10-16(3)23-25)12-22-20(26)19-11-18(9-8-15(19)2)29(27,28)24-21(5,6)7/h8-11,14,24H,12-13H2,1-7H3,(H,22,26). The van der Waals surface area contributed by atoms with E-state index in [1.54, 1.807) is 33.8 Å². The van der Waals surface area contributed by atoms with Gasteiger partial charge in [-0.15, -0.1) is 0 Å². The molecule has 1 aromatic carbocycles. The second kappa shape index (κ2) is 8.67. The summed E-state index contributed by atoms with van der Waals surface area (Å²) in [6, 6.07) is 6.63. The molecular weight excluding hydrogens is 388 g/mol. The highest BCUT2D eigenvalue weighted by Crippen LogP contribution is 2.18. The third-order valence-corrected chi connectivity index (χ3v) is 6.16. The van der Waals surface area contributed by atoms with Crippen molar-refractivity contribution in [2.24, 2.45) is 5.92 Å². The van der Waals surface area contributed by atoms with Crippen LogP contribution in [0.5, 0.6) is 0 Å². The Hall–Kier alpha value is -2.19. The van der Waals surface area contributed by atoms with Gasteiger partial charge in [-0.2, -0.15) is 5.10 Å². The van der Waals surface area contributed by atoms with Crippen molar-refractivity contribution in [3.63, 3.8) is 0 Å². The molecule has 1 heterocycles. The van der Waals surface area contributed by atoms with Crippen molar-refractivity contribution in [1.29, 1.82) is 0 Å².